The lowest BCUT2D eigenvalue weighted by atomic mass is 9.95. The second-order valence-corrected chi connectivity index (χ2v) is 5.11. The molecular weight excluding hydrogens is 224 g/mol. The number of aliphatic hydroxyl groups is 1. The van der Waals surface area contributed by atoms with E-state index in [0.29, 0.717) is 10.9 Å². The highest BCUT2D eigenvalue weighted by Gasteiger charge is 2.41. The number of aromatic nitrogens is 2. The van der Waals surface area contributed by atoms with Crippen LogP contribution in [0.4, 0.5) is 0 Å². The van der Waals surface area contributed by atoms with E-state index in [9.17, 15) is 5.11 Å². The molecule has 1 saturated carbocycles. The van der Waals surface area contributed by atoms with Crippen molar-refractivity contribution in [2.75, 3.05) is 0 Å². The molecule has 0 aromatic carbocycles. The van der Waals surface area contributed by atoms with Gasteiger partial charge in [0.15, 0.2) is 0 Å². The zero-order valence-corrected chi connectivity index (χ0v) is 10.7. The van der Waals surface area contributed by atoms with Gasteiger partial charge in [0.05, 0.1) is 16.9 Å². The molecule has 0 aliphatic heterocycles. The third-order valence-electron chi connectivity index (χ3n) is 3.71. The van der Waals surface area contributed by atoms with Gasteiger partial charge in [-0.3, -0.25) is 4.68 Å². The molecule has 0 spiro atoms. The Labute approximate surface area is 101 Å². The monoisotopic (exact) mass is 242 g/mol. The molecule has 16 heavy (non-hydrogen) atoms. The van der Waals surface area contributed by atoms with E-state index in [-0.39, 0.29) is 0 Å². The first-order valence-electron chi connectivity index (χ1n) is 6.05. The number of halogens is 1. The van der Waals surface area contributed by atoms with Gasteiger partial charge < -0.3 is 5.11 Å². The van der Waals surface area contributed by atoms with Crippen LogP contribution in [0.1, 0.15) is 45.2 Å². The molecular formula is C12H19ClN2O. The fourth-order valence-corrected chi connectivity index (χ4v) is 3.07. The maximum atomic E-state index is 10.7. The van der Waals surface area contributed by atoms with Gasteiger partial charge in [0.25, 0.3) is 0 Å². The SMILES string of the molecule is CCC1CCC(O)(c2c(Cl)cnn2CC)C1. The molecule has 1 fully saturated rings. The Morgan fingerprint density at radius 1 is 1.62 bits per heavy atom. The van der Waals surface area contributed by atoms with Crippen LogP contribution in [0.3, 0.4) is 0 Å². The van der Waals surface area contributed by atoms with Crippen LogP contribution in [0, 0.1) is 5.92 Å². The van der Waals surface area contributed by atoms with E-state index in [1.165, 1.54) is 0 Å². The van der Waals surface area contributed by atoms with Gasteiger partial charge in [0.2, 0.25) is 0 Å². The maximum Gasteiger partial charge on any atom is 0.108 e. The Bertz CT molecular complexity index is 377. The Kier molecular flexibility index (Phi) is 3.27. The Balaban J connectivity index is 2.32. The average molecular weight is 243 g/mol. The Morgan fingerprint density at radius 2 is 2.38 bits per heavy atom. The molecule has 1 aliphatic carbocycles. The molecule has 1 N–H and O–H groups in total. The zero-order chi connectivity index (χ0) is 11.8. The van der Waals surface area contributed by atoms with Crippen molar-refractivity contribution in [2.45, 2.75) is 51.7 Å². The smallest absolute Gasteiger partial charge is 0.108 e. The van der Waals surface area contributed by atoms with Crippen molar-refractivity contribution in [1.29, 1.82) is 0 Å². The van der Waals surface area contributed by atoms with Crippen molar-refractivity contribution in [1.82, 2.24) is 9.78 Å². The van der Waals surface area contributed by atoms with E-state index in [2.05, 4.69) is 12.0 Å². The van der Waals surface area contributed by atoms with Crippen molar-refractivity contribution in [3.63, 3.8) is 0 Å². The van der Waals surface area contributed by atoms with Crippen LogP contribution in [0.15, 0.2) is 6.20 Å². The third kappa shape index (κ3) is 1.87. The summed E-state index contributed by atoms with van der Waals surface area (Å²) in [7, 11) is 0. The fraction of sp³-hybridized carbons (Fsp3) is 0.750. The molecule has 1 aromatic rings. The van der Waals surface area contributed by atoms with Crippen LogP contribution >= 0.6 is 11.6 Å². The molecule has 2 unspecified atom stereocenters. The molecule has 4 heteroatoms. The Hall–Kier alpha value is -0.540. The molecule has 0 saturated heterocycles. The van der Waals surface area contributed by atoms with E-state index in [0.717, 1.165) is 37.9 Å². The van der Waals surface area contributed by atoms with Crippen LogP contribution < -0.4 is 0 Å². The van der Waals surface area contributed by atoms with Gasteiger partial charge in [0, 0.05) is 6.54 Å². The second kappa shape index (κ2) is 4.38. The summed E-state index contributed by atoms with van der Waals surface area (Å²) in [5.41, 5.74) is 0.0530. The average Bonchev–Trinajstić information content (AvgIpc) is 2.82. The topological polar surface area (TPSA) is 38.1 Å². The first-order valence-corrected chi connectivity index (χ1v) is 6.42. The molecule has 90 valence electrons. The summed E-state index contributed by atoms with van der Waals surface area (Å²) >= 11 is 6.14. The molecule has 2 atom stereocenters. The van der Waals surface area contributed by atoms with E-state index in [4.69, 9.17) is 11.6 Å². The standard InChI is InChI=1S/C12H19ClN2O/c1-3-9-5-6-12(16,7-9)11-10(13)8-14-15(11)4-2/h8-9,16H,3-7H2,1-2H3. The molecule has 2 rings (SSSR count). The molecule has 0 radical (unpaired) electrons. The predicted molar refractivity (Wildman–Crippen MR) is 64.4 cm³/mol. The van der Waals surface area contributed by atoms with Crippen molar-refractivity contribution >= 4 is 11.6 Å². The summed E-state index contributed by atoms with van der Waals surface area (Å²) in [5.74, 6) is 0.612. The van der Waals surface area contributed by atoms with E-state index in [1.807, 2.05) is 11.6 Å². The molecule has 1 aliphatic rings. The van der Waals surface area contributed by atoms with Gasteiger partial charge in [0.1, 0.15) is 5.60 Å². The van der Waals surface area contributed by atoms with Crippen LogP contribution in [0.25, 0.3) is 0 Å². The highest BCUT2D eigenvalue weighted by molar-refractivity contribution is 6.31. The summed E-state index contributed by atoms with van der Waals surface area (Å²) in [5, 5.41) is 15.5. The van der Waals surface area contributed by atoms with E-state index >= 15 is 0 Å². The van der Waals surface area contributed by atoms with Crippen LogP contribution in [-0.2, 0) is 12.1 Å². The van der Waals surface area contributed by atoms with Crippen LogP contribution in [-0.4, -0.2) is 14.9 Å². The molecule has 3 nitrogen and oxygen atoms in total. The maximum absolute atomic E-state index is 10.7. The minimum Gasteiger partial charge on any atom is -0.384 e. The summed E-state index contributed by atoms with van der Waals surface area (Å²) < 4.78 is 1.82. The van der Waals surface area contributed by atoms with Gasteiger partial charge in [-0.25, -0.2) is 0 Å². The summed E-state index contributed by atoms with van der Waals surface area (Å²) in [4.78, 5) is 0. The van der Waals surface area contributed by atoms with Crippen molar-refractivity contribution < 1.29 is 5.11 Å². The Morgan fingerprint density at radius 3 is 2.94 bits per heavy atom. The second-order valence-electron chi connectivity index (χ2n) is 4.71. The highest BCUT2D eigenvalue weighted by atomic mass is 35.5. The molecule has 0 amide bonds. The first-order chi connectivity index (χ1) is 7.60. The minimum absolute atomic E-state index is 0.598. The number of rotatable bonds is 3. The molecule has 1 heterocycles. The number of nitrogens with zero attached hydrogens (tertiary/aromatic N) is 2. The zero-order valence-electron chi connectivity index (χ0n) is 9.91. The van der Waals surface area contributed by atoms with Crippen molar-refractivity contribution in [3.8, 4) is 0 Å². The fourth-order valence-electron chi connectivity index (χ4n) is 2.75. The van der Waals surface area contributed by atoms with E-state index < -0.39 is 5.60 Å². The van der Waals surface area contributed by atoms with Gasteiger partial charge in [-0.15, -0.1) is 0 Å². The summed E-state index contributed by atoms with van der Waals surface area (Å²) in [6.07, 6.45) is 5.46. The number of hydrogen-bond donors (Lipinski definition) is 1. The lowest BCUT2D eigenvalue weighted by molar-refractivity contribution is 0.0307. The molecule has 0 bridgehead atoms. The summed E-state index contributed by atoms with van der Waals surface area (Å²) in [6, 6.07) is 0. The van der Waals surface area contributed by atoms with Crippen LogP contribution in [0.2, 0.25) is 5.02 Å². The predicted octanol–water partition coefficient (Wildman–Crippen LogP) is 2.95. The van der Waals surface area contributed by atoms with Gasteiger partial charge in [-0.05, 0) is 32.1 Å². The molecule has 1 aromatic heterocycles. The quantitative estimate of drug-likeness (QED) is 0.885. The highest BCUT2D eigenvalue weighted by Crippen LogP contribution is 2.45. The van der Waals surface area contributed by atoms with Crippen molar-refractivity contribution in [2.24, 2.45) is 5.92 Å². The van der Waals surface area contributed by atoms with Crippen molar-refractivity contribution in [3.05, 3.63) is 16.9 Å². The lowest BCUT2D eigenvalue weighted by Crippen LogP contribution is -2.26. The minimum atomic E-state index is -0.760. The van der Waals surface area contributed by atoms with Gasteiger partial charge in [-0.1, -0.05) is 24.9 Å². The van der Waals surface area contributed by atoms with Gasteiger partial charge in [-0.2, -0.15) is 5.10 Å². The van der Waals surface area contributed by atoms with Crippen LogP contribution in [0.5, 0.6) is 0 Å². The lowest BCUT2D eigenvalue weighted by Gasteiger charge is -2.24. The third-order valence-corrected chi connectivity index (χ3v) is 3.98. The van der Waals surface area contributed by atoms with Gasteiger partial charge >= 0.3 is 0 Å². The van der Waals surface area contributed by atoms with E-state index in [1.54, 1.807) is 6.20 Å². The number of hydrogen-bond acceptors (Lipinski definition) is 2. The summed E-state index contributed by atoms with van der Waals surface area (Å²) in [6.45, 7) is 4.94. The normalized spacial score (nSPS) is 29.9. The largest absolute Gasteiger partial charge is 0.384 e. The number of aryl methyl sites for hydroxylation is 1. The first kappa shape index (κ1) is 11.9.